The van der Waals surface area contributed by atoms with Gasteiger partial charge in [-0.05, 0) is 104 Å². The molecule has 4 aromatic carbocycles. The van der Waals surface area contributed by atoms with E-state index < -0.39 is 47.1 Å². The molecule has 0 aromatic heterocycles. The summed E-state index contributed by atoms with van der Waals surface area (Å²) in [5.41, 5.74) is 0.501. The standard InChI is InChI=1S/C48H59F3N6O5S3/c1-35-9-11-36(12-10-35)43-19-21-47(2,3)32-38(43)33-56-27-29-57(30-28-56)40-15-13-37(14-16-40)46(58)54-65(61,62)42-17-18-44(45(31-42)64(59,60)48(49,50)51)53-39(20-24-55-25-22-52-23-26-55)34-63-41-7-5-4-6-8-41/h4-18,31,39,52-53H,19-30,32-34H2,1-3H3,(H,54,58)/t39-/m1/s1. The summed E-state index contributed by atoms with van der Waals surface area (Å²) >= 11 is 1.46. The van der Waals surface area contributed by atoms with Gasteiger partial charge in [-0.1, -0.05) is 67.4 Å². The lowest BCUT2D eigenvalue weighted by molar-refractivity contribution is -0.0435. The first-order valence-electron chi connectivity index (χ1n) is 22.1. The molecule has 0 unspecified atom stereocenters. The lowest BCUT2D eigenvalue weighted by atomic mass is 9.72. The second-order valence-corrected chi connectivity index (χ2v) is 22.7. The number of allylic oxidation sites excluding steroid dienone is 1. The summed E-state index contributed by atoms with van der Waals surface area (Å²) in [5.74, 6) is -0.623. The van der Waals surface area contributed by atoms with E-state index in [1.54, 1.807) is 12.1 Å². The Hall–Kier alpha value is -4.39. The van der Waals surface area contributed by atoms with Crippen LogP contribution >= 0.6 is 11.8 Å². The third-order valence-corrected chi connectivity index (χ3v) is 16.5. The molecular weight excluding hydrogens is 894 g/mol. The van der Waals surface area contributed by atoms with Gasteiger partial charge in [-0.3, -0.25) is 9.69 Å². The molecule has 4 aromatic rings. The van der Waals surface area contributed by atoms with Crippen molar-refractivity contribution in [2.45, 2.75) is 72.7 Å². The predicted octanol–water partition coefficient (Wildman–Crippen LogP) is 8.06. The van der Waals surface area contributed by atoms with E-state index in [0.717, 1.165) is 101 Å². The minimum atomic E-state index is -6.04. The van der Waals surface area contributed by atoms with Crippen LogP contribution in [0.15, 0.2) is 117 Å². The summed E-state index contributed by atoms with van der Waals surface area (Å²) in [7, 11) is -10.9. The highest BCUT2D eigenvalue weighted by Gasteiger charge is 2.48. The molecule has 350 valence electrons. The van der Waals surface area contributed by atoms with Crippen molar-refractivity contribution < 1.29 is 34.8 Å². The third-order valence-electron chi connectivity index (χ3n) is 12.5. The molecule has 1 amide bonds. The number of nitrogens with zero attached hydrogens (tertiary/aromatic N) is 3. The molecule has 0 saturated carbocycles. The highest BCUT2D eigenvalue weighted by atomic mass is 32.2. The molecular formula is C48H59F3N6O5S3. The van der Waals surface area contributed by atoms with Crippen LogP contribution in [-0.2, 0) is 19.9 Å². The molecule has 1 atom stereocenters. The average molecular weight is 953 g/mol. The van der Waals surface area contributed by atoms with Crippen molar-refractivity contribution in [1.29, 1.82) is 0 Å². The van der Waals surface area contributed by atoms with E-state index in [9.17, 15) is 34.8 Å². The number of benzene rings is 4. The van der Waals surface area contributed by atoms with Gasteiger partial charge in [0.15, 0.2) is 0 Å². The van der Waals surface area contributed by atoms with Crippen LogP contribution in [0.4, 0.5) is 24.5 Å². The molecule has 2 saturated heterocycles. The fourth-order valence-corrected chi connectivity index (χ4v) is 11.7. The molecule has 2 fully saturated rings. The number of nitrogens with one attached hydrogen (secondary N) is 3. The number of thioether (sulfide) groups is 1. The predicted molar refractivity (Wildman–Crippen MR) is 254 cm³/mol. The number of carbonyl (C=O) groups excluding carboxylic acids is 1. The SMILES string of the molecule is Cc1ccc(C2=C(CN3CCN(c4ccc(C(=O)NS(=O)(=O)c5ccc(N[C@H](CCN6CCNCC6)CSc6ccccc6)c(S(=O)(=O)C(F)(F)F)c5)cc4)CC3)CC(C)(C)CC2)cc1. The highest BCUT2D eigenvalue weighted by molar-refractivity contribution is 7.99. The zero-order valence-corrected chi connectivity index (χ0v) is 39.6. The number of aryl methyl sites for hydroxylation is 1. The number of hydrogen-bond donors (Lipinski definition) is 3. The monoisotopic (exact) mass is 952 g/mol. The first-order chi connectivity index (χ1) is 30.9. The van der Waals surface area contributed by atoms with Gasteiger partial charge in [0.25, 0.3) is 25.8 Å². The van der Waals surface area contributed by atoms with Crippen molar-refractivity contribution >= 4 is 54.5 Å². The lowest BCUT2D eigenvalue weighted by Gasteiger charge is -2.39. The summed E-state index contributed by atoms with van der Waals surface area (Å²) in [5, 5.41) is 6.30. The Balaban J connectivity index is 1.02. The fourth-order valence-electron chi connectivity index (χ4n) is 8.70. The number of hydrogen-bond acceptors (Lipinski definition) is 11. The molecule has 0 radical (unpaired) electrons. The quantitative estimate of drug-likeness (QED) is 0.0944. The Morgan fingerprint density at radius 2 is 1.52 bits per heavy atom. The van der Waals surface area contributed by atoms with Gasteiger partial charge in [-0.2, -0.15) is 13.2 Å². The zero-order chi connectivity index (χ0) is 46.4. The van der Waals surface area contributed by atoms with E-state index in [1.807, 2.05) is 35.1 Å². The number of sulfonamides is 1. The van der Waals surface area contributed by atoms with Gasteiger partial charge < -0.3 is 20.4 Å². The average Bonchev–Trinajstić information content (AvgIpc) is 3.28. The van der Waals surface area contributed by atoms with Gasteiger partial charge in [0.1, 0.15) is 4.90 Å². The normalized spacial score (nSPS) is 18.3. The van der Waals surface area contributed by atoms with E-state index >= 15 is 0 Å². The van der Waals surface area contributed by atoms with Gasteiger partial charge in [0.05, 0.1) is 10.6 Å². The summed E-state index contributed by atoms with van der Waals surface area (Å²) in [6.45, 7) is 14.7. The van der Waals surface area contributed by atoms with Crippen molar-refractivity contribution in [2.75, 3.05) is 81.4 Å². The van der Waals surface area contributed by atoms with Gasteiger partial charge in [0.2, 0.25) is 0 Å². The van der Waals surface area contributed by atoms with Crippen LogP contribution in [0.1, 0.15) is 61.0 Å². The molecule has 11 nitrogen and oxygen atoms in total. The van der Waals surface area contributed by atoms with Crippen molar-refractivity contribution in [3.63, 3.8) is 0 Å². The van der Waals surface area contributed by atoms with Gasteiger partial charge in [0, 0.05) is 93.4 Å². The van der Waals surface area contributed by atoms with Crippen LogP contribution in [0.3, 0.4) is 0 Å². The van der Waals surface area contributed by atoms with Crippen LogP contribution in [0.5, 0.6) is 0 Å². The molecule has 3 N–H and O–H groups in total. The van der Waals surface area contributed by atoms with Gasteiger partial charge >= 0.3 is 5.51 Å². The third kappa shape index (κ3) is 12.5. The first-order valence-corrected chi connectivity index (χ1v) is 26.1. The van der Waals surface area contributed by atoms with E-state index in [0.29, 0.717) is 24.8 Å². The zero-order valence-electron chi connectivity index (χ0n) is 37.2. The number of halogens is 3. The van der Waals surface area contributed by atoms with Crippen LogP contribution in [0.25, 0.3) is 5.57 Å². The molecule has 0 bridgehead atoms. The van der Waals surface area contributed by atoms with E-state index in [2.05, 4.69) is 70.4 Å². The summed E-state index contributed by atoms with van der Waals surface area (Å²) in [6, 6.07) is 26.7. The van der Waals surface area contributed by atoms with Crippen molar-refractivity contribution in [3.8, 4) is 0 Å². The second kappa shape index (κ2) is 20.6. The Morgan fingerprint density at radius 3 is 2.18 bits per heavy atom. The number of piperazine rings is 2. The van der Waals surface area contributed by atoms with Crippen LogP contribution in [0.2, 0.25) is 0 Å². The van der Waals surface area contributed by atoms with Crippen molar-refractivity contribution in [3.05, 3.63) is 119 Å². The van der Waals surface area contributed by atoms with Crippen LogP contribution < -0.4 is 20.3 Å². The van der Waals surface area contributed by atoms with E-state index in [4.69, 9.17) is 0 Å². The lowest BCUT2D eigenvalue weighted by Crippen LogP contribution is -2.47. The molecule has 65 heavy (non-hydrogen) atoms. The topological polar surface area (TPSA) is 131 Å². The number of amides is 1. The van der Waals surface area contributed by atoms with Crippen LogP contribution in [-0.4, -0.2) is 115 Å². The Labute approximate surface area is 386 Å². The minimum Gasteiger partial charge on any atom is -0.380 e. The molecule has 3 aliphatic rings. The fraction of sp³-hybridized carbons (Fsp3) is 0.438. The van der Waals surface area contributed by atoms with Crippen molar-refractivity contribution in [1.82, 2.24) is 19.8 Å². The number of carbonyl (C=O) groups is 1. The maximum Gasteiger partial charge on any atom is 0.501 e. The maximum atomic E-state index is 14.2. The van der Waals surface area contributed by atoms with E-state index in [1.165, 1.54) is 46.2 Å². The number of rotatable bonds is 16. The van der Waals surface area contributed by atoms with Gasteiger partial charge in [-0.25, -0.2) is 21.6 Å². The smallest absolute Gasteiger partial charge is 0.380 e. The first kappa shape index (κ1) is 48.5. The van der Waals surface area contributed by atoms with E-state index in [-0.39, 0.29) is 16.7 Å². The highest BCUT2D eigenvalue weighted by Crippen LogP contribution is 2.43. The number of anilines is 2. The molecule has 1 aliphatic carbocycles. The molecule has 17 heteroatoms. The molecule has 2 heterocycles. The number of alkyl halides is 3. The molecule has 7 rings (SSSR count). The van der Waals surface area contributed by atoms with Crippen LogP contribution in [0, 0.1) is 12.3 Å². The second-order valence-electron chi connectivity index (χ2n) is 18.0. The number of sulfone groups is 1. The van der Waals surface area contributed by atoms with Crippen molar-refractivity contribution in [2.24, 2.45) is 5.41 Å². The summed E-state index contributed by atoms with van der Waals surface area (Å²) < 4.78 is 97.8. The summed E-state index contributed by atoms with van der Waals surface area (Å²) in [4.78, 5) is 19.2. The molecule has 2 aliphatic heterocycles. The maximum absolute atomic E-state index is 14.2. The summed E-state index contributed by atoms with van der Waals surface area (Å²) in [6.07, 6.45) is 3.74. The Bertz CT molecular complexity index is 2530. The largest absolute Gasteiger partial charge is 0.501 e. The Kier molecular flexibility index (Phi) is 15.4. The Morgan fingerprint density at radius 1 is 0.846 bits per heavy atom. The minimum absolute atomic E-state index is 0.0103. The molecule has 0 spiro atoms. The van der Waals surface area contributed by atoms with Gasteiger partial charge in [-0.15, -0.1) is 11.8 Å².